The fraction of sp³-hybridized carbons (Fsp3) is 0.909. The third-order valence-corrected chi connectivity index (χ3v) is 2.73. The highest BCUT2D eigenvalue weighted by atomic mass is 14.2. The molecule has 0 heteroatoms. The van der Waals surface area contributed by atoms with Crippen LogP contribution >= 0.6 is 0 Å². The van der Waals surface area contributed by atoms with Crippen molar-refractivity contribution in [3.63, 3.8) is 0 Å². The van der Waals surface area contributed by atoms with Crippen molar-refractivity contribution in [1.29, 1.82) is 0 Å². The summed E-state index contributed by atoms with van der Waals surface area (Å²) in [4.78, 5) is 0. The molecular weight excluding hydrogens is 132 g/mol. The van der Waals surface area contributed by atoms with Crippen LogP contribution in [0.25, 0.3) is 0 Å². The van der Waals surface area contributed by atoms with Crippen LogP contribution in [0, 0.1) is 24.7 Å². The molecule has 11 heavy (non-hydrogen) atoms. The predicted octanol–water partition coefficient (Wildman–Crippen LogP) is 3.92. The van der Waals surface area contributed by atoms with Crippen molar-refractivity contribution in [3.05, 3.63) is 6.92 Å². The summed E-state index contributed by atoms with van der Waals surface area (Å²) < 4.78 is 0. The Hall–Kier alpha value is 0. The topological polar surface area (TPSA) is 0 Å². The fourth-order valence-corrected chi connectivity index (χ4v) is 1.77. The quantitative estimate of drug-likeness (QED) is 0.564. The van der Waals surface area contributed by atoms with Crippen molar-refractivity contribution >= 4 is 0 Å². The molecule has 0 N–H and O–H groups in total. The molecule has 0 aliphatic rings. The molecule has 0 rings (SSSR count). The van der Waals surface area contributed by atoms with Gasteiger partial charge in [-0.3, -0.25) is 0 Å². The van der Waals surface area contributed by atoms with Crippen LogP contribution in [0.4, 0.5) is 0 Å². The van der Waals surface area contributed by atoms with Gasteiger partial charge < -0.3 is 0 Å². The summed E-state index contributed by atoms with van der Waals surface area (Å²) in [5, 5.41) is 0. The summed E-state index contributed by atoms with van der Waals surface area (Å²) >= 11 is 0. The molecule has 1 radical (unpaired) electrons. The van der Waals surface area contributed by atoms with Crippen LogP contribution in [0.15, 0.2) is 0 Å². The molecule has 0 aromatic heterocycles. The summed E-state index contributed by atoms with van der Waals surface area (Å²) in [6, 6.07) is 0. The van der Waals surface area contributed by atoms with Crippen LogP contribution in [-0.4, -0.2) is 0 Å². The van der Waals surface area contributed by atoms with Gasteiger partial charge in [0.2, 0.25) is 0 Å². The van der Waals surface area contributed by atoms with Crippen molar-refractivity contribution in [2.75, 3.05) is 0 Å². The summed E-state index contributed by atoms with van der Waals surface area (Å²) in [6.07, 6.45) is 3.94. The minimum Gasteiger partial charge on any atom is -0.0654 e. The van der Waals surface area contributed by atoms with Crippen LogP contribution in [0.5, 0.6) is 0 Å². The van der Waals surface area contributed by atoms with Crippen molar-refractivity contribution in [2.45, 2.75) is 47.0 Å². The SMILES string of the molecule is [CH2]C(C)C(CCC)C(C)CC. The Morgan fingerprint density at radius 3 is 2.00 bits per heavy atom. The van der Waals surface area contributed by atoms with Gasteiger partial charge in [0.1, 0.15) is 0 Å². The van der Waals surface area contributed by atoms with Gasteiger partial charge in [0, 0.05) is 0 Å². The van der Waals surface area contributed by atoms with Crippen molar-refractivity contribution in [1.82, 2.24) is 0 Å². The molecule has 3 unspecified atom stereocenters. The average Bonchev–Trinajstić information content (AvgIpc) is 1.98. The molecule has 0 aliphatic heterocycles. The molecule has 67 valence electrons. The van der Waals surface area contributed by atoms with Crippen molar-refractivity contribution in [3.8, 4) is 0 Å². The maximum absolute atomic E-state index is 4.13. The van der Waals surface area contributed by atoms with Gasteiger partial charge in [-0.25, -0.2) is 0 Å². The molecule has 0 spiro atoms. The lowest BCUT2D eigenvalue weighted by Crippen LogP contribution is -2.17. The largest absolute Gasteiger partial charge is 0.0654 e. The maximum Gasteiger partial charge on any atom is -0.0363 e. The molecule has 0 nitrogen and oxygen atoms in total. The second kappa shape index (κ2) is 5.62. The zero-order valence-corrected chi connectivity index (χ0v) is 8.56. The maximum atomic E-state index is 4.13. The number of hydrogen-bond acceptors (Lipinski definition) is 0. The zero-order chi connectivity index (χ0) is 8.85. The van der Waals surface area contributed by atoms with Gasteiger partial charge in [-0.1, -0.05) is 53.9 Å². The Morgan fingerprint density at radius 2 is 1.73 bits per heavy atom. The van der Waals surface area contributed by atoms with Gasteiger partial charge in [0.15, 0.2) is 0 Å². The normalized spacial score (nSPS) is 16.9. The van der Waals surface area contributed by atoms with E-state index in [-0.39, 0.29) is 0 Å². The molecule has 0 aromatic rings. The zero-order valence-electron chi connectivity index (χ0n) is 8.56. The average molecular weight is 155 g/mol. The highest BCUT2D eigenvalue weighted by Crippen LogP contribution is 2.27. The van der Waals surface area contributed by atoms with Crippen LogP contribution in [0.2, 0.25) is 0 Å². The Balaban J connectivity index is 3.87. The van der Waals surface area contributed by atoms with Gasteiger partial charge in [0.25, 0.3) is 0 Å². The van der Waals surface area contributed by atoms with E-state index < -0.39 is 0 Å². The van der Waals surface area contributed by atoms with Gasteiger partial charge in [-0.2, -0.15) is 0 Å². The summed E-state index contributed by atoms with van der Waals surface area (Å²) in [6.45, 7) is 13.3. The lowest BCUT2D eigenvalue weighted by molar-refractivity contribution is 0.263. The van der Waals surface area contributed by atoms with Gasteiger partial charge in [-0.05, 0) is 17.8 Å². The fourth-order valence-electron chi connectivity index (χ4n) is 1.77. The molecule has 0 saturated heterocycles. The first-order chi connectivity index (χ1) is 5.13. The van der Waals surface area contributed by atoms with E-state index in [4.69, 9.17) is 0 Å². The molecule has 3 atom stereocenters. The van der Waals surface area contributed by atoms with E-state index in [1.54, 1.807) is 0 Å². The van der Waals surface area contributed by atoms with E-state index in [1.807, 2.05) is 0 Å². The summed E-state index contributed by atoms with van der Waals surface area (Å²) in [7, 11) is 0. The first-order valence-electron chi connectivity index (χ1n) is 4.96. The van der Waals surface area contributed by atoms with Gasteiger partial charge in [0.05, 0.1) is 0 Å². The second-order valence-corrected chi connectivity index (χ2v) is 3.82. The van der Waals surface area contributed by atoms with E-state index in [0.29, 0.717) is 5.92 Å². The highest BCUT2D eigenvalue weighted by Gasteiger charge is 2.17. The Bertz CT molecular complexity index is 84.0. The molecule has 0 aromatic carbocycles. The van der Waals surface area contributed by atoms with Gasteiger partial charge >= 0.3 is 0 Å². The lowest BCUT2D eigenvalue weighted by Gasteiger charge is -2.26. The third kappa shape index (κ3) is 3.79. The Kier molecular flexibility index (Phi) is 5.62. The Morgan fingerprint density at radius 1 is 1.18 bits per heavy atom. The monoisotopic (exact) mass is 155 g/mol. The van der Waals surface area contributed by atoms with Crippen LogP contribution in [0.1, 0.15) is 47.0 Å². The van der Waals surface area contributed by atoms with E-state index >= 15 is 0 Å². The standard InChI is InChI=1S/C11H23/c1-6-8-11(9(3)4)10(5)7-2/h9-11H,3,6-8H2,1-2,4-5H3. The first-order valence-corrected chi connectivity index (χ1v) is 4.96. The van der Waals surface area contributed by atoms with E-state index in [1.165, 1.54) is 19.3 Å². The molecule has 0 bridgehead atoms. The van der Waals surface area contributed by atoms with E-state index in [9.17, 15) is 0 Å². The van der Waals surface area contributed by atoms with Crippen LogP contribution < -0.4 is 0 Å². The molecule has 0 heterocycles. The van der Waals surface area contributed by atoms with E-state index in [2.05, 4.69) is 34.6 Å². The van der Waals surface area contributed by atoms with Crippen LogP contribution in [0.3, 0.4) is 0 Å². The molecule has 0 saturated carbocycles. The first kappa shape index (κ1) is 11.0. The molecule has 0 aliphatic carbocycles. The van der Waals surface area contributed by atoms with E-state index in [0.717, 1.165) is 11.8 Å². The predicted molar refractivity (Wildman–Crippen MR) is 52.4 cm³/mol. The molecular formula is C11H23. The van der Waals surface area contributed by atoms with Crippen LogP contribution in [-0.2, 0) is 0 Å². The molecule has 0 amide bonds. The summed E-state index contributed by atoms with van der Waals surface area (Å²) in [5.41, 5.74) is 0. The van der Waals surface area contributed by atoms with Crippen molar-refractivity contribution < 1.29 is 0 Å². The second-order valence-electron chi connectivity index (χ2n) is 3.82. The molecule has 0 fully saturated rings. The van der Waals surface area contributed by atoms with Gasteiger partial charge in [-0.15, -0.1) is 0 Å². The number of rotatable bonds is 5. The summed E-state index contributed by atoms with van der Waals surface area (Å²) in [5.74, 6) is 2.30. The minimum atomic E-state index is 0.616. The minimum absolute atomic E-state index is 0.616. The van der Waals surface area contributed by atoms with Crippen molar-refractivity contribution in [2.24, 2.45) is 17.8 Å². The Labute approximate surface area is 72.4 Å². The third-order valence-electron chi connectivity index (χ3n) is 2.73. The smallest absolute Gasteiger partial charge is 0.0363 e. The lowest BCUT2D eigenvalue weighted by atomic mass is 9.80. The number of hydrogen-bond donors (Lipinski definition) is 0. The highest BCUT2D eigenvalue weighted by molar-refractivity contribution is 4.72.